The van der Waals surface area contributed by atoms with Gasteiger partial charge in [-0.3, -0.25) is 4.90 Å². The molecule has 0 amide bonds. The van der Waals surface area contributed by atoms with E-state index in [1.807, 2.05) is 0 Å². The van der Waals surface area contributed by atoms with E-state index in [1.54, 1.807) is 6.92 Å². The molecule has 0 spiro atoms. The van der Waals surface area contributed by atoms with Crippen molar-refractivity contribution in [2.24, 2.45) is 0 Å². The molecule has 2 saturated heterocycles. The van der Waals surface area contributed by atoms with E-state index in [2.05, 4.69) is 10.2 Å². The predicted octanol–water partition coefficient (Wildman–Crippen LogP) is 3.31. The summed E-state index contributed by atoms with van der Waals surface area (Å²) in [7, 11) is 0. The Labute approximate surface area is 112 Å². The molecule has 2 aliphatic rings. The van der Waals surface area contributed by atoms with Crippen LogP contribution in [0, 0.1) is 18.6 Å². The lowest BCUT2D eigenvalue weighted by molar-refractivity contribution is 0.192. The fourth-order valence-corrected chi connectivity index (χ4v) is 3.37. The molecule has 2 aliphatic heterocycles. The van der Waals surface area contributed by atoms with Gasteiger partial charge >= 0.3 is 0 Å². The smallest absolute Gasteiger partial charge is 0.146 e. The van der Waals surface area contributed by atoms with Gasteiger partial charge < -0.3 is 5.32 Å². The molecule has 19 heavy (non-hydrogen) atoms. The molecule has 2 unspecified atom stereocenters. The van der Waals surface area contributed by atoms with Gasteiger partial charge in [-0.25, -0.2) is 8.78 Å². The van der Waals surface area contributed by atoms with Crippen LogP contribution in [-0.4, -0.2) is 30.1 Å². The Kier molecular flexibility index (Phi) is 3.44. The molecule has 3 rings (SSSR count). The van der Waals surface area contributed by atoms with E-state index in [4.69, 9.17) is 0 Å². The lowest BCUT2D eigenvalue weighted by atomic mass is 9.99. The van der Waals surface area contributed by atoms with E-state index in [-0.39, 0.29) is 17.7 Å². The van der Waals surface area contributed by atoms with Crippen molar-refractivity contribution in [3.8, 4) is 0 Å². The van der Waals surface area contributed by atoms with Crippen LogP contribution in [0.5, 0.6) is 0 Å². The highest BCUT2D eigenvalue weighted by Crippen LogP contribution is 2.30. The number of halogens is 2. The molecule has 2 fully saturated rings. The first-order chi connectivity index (χ1) is 9.15. The summed E-state index contributed by atoms with van der Waals surface area (Å²) in [5, 5.41) is 3.22. The van der Waals surface area contributed by atoms with E-state index >= 15 is 0 Å². The number of rotatable bonds is 2. The van der Waals surface area contributed by atoms with Gasteiger partial charge in [-0.15, -0.1) is 0 Å². The van der Waals surface area contributed by atoms with Gasteiger partial charge in [0, 0.05) is 24.7 Å². The fourth-order valence-electron chi connectivity index (χ4n) is 3.37. The van der Waals surface area contributed by atoms with Gasteiger partial charge in [0.2, 0.25) is 0 Å². The average molecular weight is 266 g/mol. The zero-order valence-corrected chi connectivity index (χ0v) is 11.3. The van der Waals surface area contributed by atoms with Gasteiger partial charge in [0.15, 0.2) is 0 Å². The number of nitrogens with zero attached hydrogens (tertiary/aromatic N) is 1. The summed E-state index contributed by atoms with van der Waals surface area (Å²) in [4.78, 5) is 2.48. The normalized spacial score (nSPS) is 27.3. The van der Waals surface area contributed by atoms with Gasteiger partial charge in [-0.05, 0) is 44.4 Å². The topological polar surface area (TPSA) is 15.3 Å². The highest BCUT2D eigenvalue weighted by atomic mass is 19.1. The maximum Gasteiger partial charge on any atom is 0.146 e. The maximum atomic E-state index is 13.9. The monoisotopic (exact) mass is 266 g/mol. The third-order valence-electron chi connectivity index (χ3n) is 4.45. The van der Waals surface area contributed by atoms with Gasteiger partial charge in [0.25, 0.3) is 0 Å². The molecular formula is C15H20F2N2. The Morgan fingerprint density at radius 1 is 1.11 bits per heavy atom. The number of fused-ring (bicyclic) bond motifs is 1. The first-order valence-electron chi connectivity index (χ1n) is 7.11. The Hall–Kier alpha value is -1.16. The van der Waals surface area contributed by atoms with Gasteiger partial charge in [-0.1, -0.05) is 6.42 Å². The third kappa shape index (κ3) is 2.46. The van der Waals surface area contributed by atoms with Crippen molar-refractivity contribution >= 4 is 5.69 Å². The second-order valence-corrected chi connectivity index (χ2v) is 5.72. The minimum Gasteiger partial charge on any atom is -0.378 e. The molecular weight excluding hydrogens is 246 g/mol. The molecule has 2 nitrogen and oxygen atoms in total. The standard InChI is InChI=1S/C15H20F2N2/c1-10-8-12(17)14(9-11(10)16)18-13-5-7-19-6-3-2-4-15(13)19/h8-9,13,15,18H,2-7H2,1H3. The molecule has 2 heterocycles. The summed E-state index contributed by atoms with van der Waals surface area (Å²) < 4.78 is 27.4. The van der Waals surface area contributed by atoms with Crippen LogP contribution < -0.4 is 5.32 Å². The highest BCUT2D eigenvalue weighted by molar-refractivity contribution is 5.48. The molecule has 1 N–H and O–H groups in total. The minimum absolute atomic E-state index is 0.247. The van der Waals surface area contributed by atoms with E-state index in [9.17, 15) is 8.78 Å². The van der Waals surface area contributed by atoms with Crippen molar-refractivity contribution < 1.29 is 8.78 Å². The van der Waals surface area contributed by atoms with Crippen LogP contribution in [0.15, 0.2) is 12.1 Å². The molecule has 1 aromatic carbocycles. The average Bonchev–Trinajstić information content (AvgIpc) is 2.80. The first kappa shape index (κ1) is 12.9. The summed E-state index contributed by atoms with van der Waals surface area (Å²) in [6.45, 7) is 3.80. The molecule has 0 aliphatic carbocycles. The Balaban J connectivity index is 1.76. The van der Waals surface area contributed by atoms with Crippen molar-refractivity contribution in [3.63, 3.8) is 0 Å². The zero-order valence-electron chi connectivity index (χ0n) is 11.3. The summed E-state index contributed by atoms with van der Waals surface area (Å²) in [6.07, 6.45) is 4.67. The van der Waals surface area contributed by atoms with Gasteiger partial charge in [0.1, 0.15) is 11.6 Å². The first-order valence-corrected chi connectivity index (χ1v) is 7.11. The van der Waals surface area contributed by atoms with Crippen molar-refractivity contribution in [1.29, 1.82) is 0 Å². The number of aryl methyl sites for hydroxylation is 1. The lowest BCUT2D eigenvalue weighted by Crippen LogP contribution is -2.41. The number of benzene rings is 1. The van der Waals surface area contributed by atoms with Crippen LogP contribution in [0.1, 0.15) is 31.2 Å². The molecule has 0 radical (unpaired) electrons. The van der Waals surface area contributed by atoms with Crippen LogP contribution in [-0.2, 0) is 0 Å². The zero-order chi connectivity index (χ0) is 13.4. The van der Waals surface area contributed by atoms with E-state index in [1.165, 1.54) is 25.0 Å². The van der Waals surface area contributed by atoms with Crippen molar-refractivity contribution in [2.75, 3.05) is 18.4 Å². The van der Waals surface area contributed by atoms with E-state index in [0.717, 1.165) is 25.9 Å². The molecule has 0 aromatic heterocycles. The maximum absolute atomic E-state index is 13.9. The quantitative estimate of drug-likeness (QED) is 0.883. The minimum atomic E-state index is -0.354. The second-order valence-electron chi connectivity index (χ2n) is 5.72. The summed E-state index contributed by atoms with van der Waals surface area (Å²) in [5.74, 6) is -0.699. The van der Waals surface area contributed by atoms with E-state index < -0.39 is 0 Å². The third-order valence-corrected chi connectivity index (χ3v) is 4.45. The van der Waals surface area contributed by atoms with Crippen LogP contribution >= 0.6 is 0 Å². The van der Waals surface area contributed by atoms with Crippen LogP contribution in [0.4, 0.5) is 14.5 Å². The summed E-state index contributed by atoms with van der Waals surface area (Å²) in [5.41, 5.74) is 0.661. The summed E-state index contributed by atoms with van der Waals surface area (Å²) >= 11 is 0. The Morgan fingerprint density at radius 2 is 1.95 bits per heavy atom. The highest BCUT2D eigenvalue weighted by Gasteiger charge is 2.35. The largest absolute Gasteiger partial charge is 0.378 e. The number of anilines is 1. The molecule has 1 aromatic rings. The van der Waals surface area contributed by atoms with Gasteiger partial charge in [0.05, 0.1) is 5.69 Å². The number of piperidine rings is 1. The van der Waals surface area contributed by atoms with Crippen LogP contribution in [0.3, 0.4) is 0 Å². The van der Waals surface area contributed by atoms with Crippen molar-refractivity contribution in [1.82, 2.24) is 4.90 Å². The second kappa shape index (κ2) is 5.08. The molecule has 104 valence electrons. The number of nitrogens with one attached hydrogen (secondary N) is 1. The summed E-state index contributed by atoms with van der Waals surface area (Å²) in [6, 6.07) is 3.29. The Morgan fingerprint density at radius 3 is 2.79 bits per heavy atom. The van der Waals surface area contributed by atoms with Crippen LogP contribution in [0.2, 0.25) is 0 Å². The van der Waals surface area contributed by atoms with E-state index in [0.29, 0.717) is 17.3 Å². The predicted molar refractivity (Wildman–Crippen MR) is 72.3 cm³/mol. The number of hydrogen-bond acceptors (Lipinski definition) is 2. The molecule has 0 bridgehead atoms. The Bertz CT molecular complexity index is 475. The SMILES string of the molecule is Cc1cc(F)c(NC2CCN3CCCCC23)cc1F. The fraction of sp³-hybridized carbons (Fsp3) is 0.600. The van der Waals surface area contributed by atoms with Gasteiger partial charge in [-0.2, -0.15) is 0 Å². The van der Waals surface area contributed by atoms with Crippen molar-refractivity contribution in [3.05, 3.63) is 29.3 Å². The van der Waals surface area contributed by atoms with Crippen molar-refractivity contribution in [2.45, 2.75) is 44.7 Å². The molecule has 4 heteroatoms. The molecule has 2 atom stereocenters. The lowest BCUT2D eigenvalue weighted by Gasteiger charge is -2.33. The van der Waals surface area contributed by atoms with Crippen LogP contribution in [0.25, 0.3) is 0 Å². The number of hydrogen-bond donors (Lipinski definition) is 1. The molecule has 0 saturated carbocycles.